The fourth-order valence-corrected chi connectivity index (χ4v) is 2.19. The Kier molecular flexibility index (Phi) is 5.82. The monoisotopic (exact) mass is 283 g/mol. The van der Waals surface area contributed by atoms with Gasteiger partial charge in [-0.25, -0.2) is 0 Å². The van der Waals surface area contributed by atoms with Crippen LogP contribution in [0.5, 0.6) is 5.75 Å². The smallest absolute Gasteiger partial charge is 0.123 e. The first-order valence-electron chi connectivity index (χ1n) is 7.62. The number of aryl methyl sites for hydroxylation is 1. The van der Waals surface area contributed by atoms with Gasteiger partial charge in [-0.3, -0.25) is 0 Å². The number of hydrogen-bond donors (Lipinski definition) is 1. The molecular weight excluding hydrogens is 258 g/mol. The molecule has 0 aliphatic carbocycles. The SMILES string of the molecule is Cc1ccccc1CNCc1ccccc1OCC(C)C. The number of rotatable bonds is 7. The van der Waals surface area contributed by atoms with Crippen molar-refractivity contribution in [3.63, 3.8) is 0 Å². The maximum atomic E-state index is 5.89. The first-order chi connectivity index (χ1) is 10.2. The molecule has 2 aromatic carbocycles. The van der Waals surface area contributed by atoms with Crippen LogP contribution < -0.4 is 10.1 Å². The molecule has 0 unspecified atom stereocenters. The predicted molar refractivity (Wildman–Crippen MR) is 88.5 cm³/mol. The van der Waals surface area contributed by atoms with E-state index in [1.54, 1.807) is 0 Å². The van der Waals surface area contributed by atoms with Crippen LogP contribution in [0, 0.1) is 12.8 Å². The molecule has 0 fully saturated rings. The third-order valence-electron chi connectivity index (χ3n) is 3.44. The van der Waals surface area contributed by atoms with Gasteiger partial charge in [-0.05, 0) is 30.0 Å². The Labute approximate surface area is 128 Å². The highest BCUT2D eigenvalue weighted by atomic mass is 16.5. The summed E-state index contributed by atoms with van der Waals surface area (Å²) in [5.74, 6) is 1.53. The fraction of sp³-hybridized carbons (Fsp3) is 0.368. The second-order valence-corrected chi connectivity index (χ2v) is 5.84. The molecule has 0 saturated carbocycles. The Morgan fingerprint density at radius 2 is 1.52 bits per heavy atom. The van der Waals surface area contributed by atoms with Crippen molar-refractivity contribution in [3.05, 3.63) is 65.2 Å². The van der Waals surface area contributed by atoms with Crippen LogP contribution in [0.2, 0.25) is 0 Å². The highest BCUT2D eigenvalue weighted by Gasteiger charge is 2.04. The lowest BCUT2D eigenvalue weighted by atomic mass is 10.1. The summed E-state index contributed by atoms with van der Waals surface area (Å²) in [5.41, 5.74) is 3.89. The van der Waals surface area contributed by atoms with Crippen LogP contribution in [-0.2, 0) is 13.1 Å². The minimum Gasteiger partial charge on any atom is -0.493 e. The summed E-state index contributed by atoms with van der Waals surface area (Å²) in [4.78, 5) is 0. The van der Waals surface area contributed by atoms with Crippen LogP contribution in [0.15, 0.2) is 48.5 Å². The first kappa shape index (κ1) is 15.6. The molecule has 2 rings (SSSR count). The van der Waals surface area contributed by atoms with E-state index >= 15 is 0 Å². The van der Waals surface area contributed by atoms with Crippen molar-refractivity contribution in [2.24, 2.45) is 5.92 Å². The Morgan fingerprint density at radius 3 is 2.24 bits per heavy atom. The number of ether oxygens (including phenoxy) is 1. The van der Waals surface area contributed by atoms with Crippen LogP contribution in [0.1, 0.15) is 30.5 Å². The van der Waals surface area contributed by atoms with Crippen molar-refractivity contribution in [2.45, 2.75) is 33.9 Å². The Bertz CT molecular complexity index is 563. The molecule has 112 valence electrons. The van der Waals surface area contributed by atoms with Crippen LogP contribution in [0.25, 0.3) is 0 Å². The van der Waals surface area contributed by atoms with E-state index in [9.17, 15) is 0 Å². The van der Waals surface area contributed by atoms with Crippen molar-refractivity contribution in [1.29, 1.82) is 0 Å². The summed E-state index contributed by atoms with van der Waals surface area (Å²) in [6, 6.07) is 16.7. The minimum absolute atomic E-state index is 0.540. The Balaban J connectivity index is 1.92. The summed E-state index contributed by atoms with van der Waals surface area (Å²) < 4.78 is 5.89. The topological polar surface area (TPSA) is 21.3 Å². The zero-order chi connectivity index (χ0) is 15.1. The van der Waals surface area contributed by atoms with Gasteiger partial charge in [0.05, 0.1) is 6.61 Å². The average molecular weight is 283 g/mol. The molecule has 1 N–H and O–H groups in total. The van der Waals surface area contributed by atoms with Crippen LogP contribution in [-0.4, -0.2) is 6.61 Å². The summed E-state index contributed by atoms with van der Waals surface area (Å²) in [6.45, 7) is 8.94. The van der Waals surface area contributed by atoms with E-state index in [0.717, 1.165) is 25.4 Å². The van der Waals surface area contributed by atoms with Crippen molar-refractivity contribution < 1.29 is 4.74 Å². The van der Waals surface area contributed by atoms with E-state index in [0.29, 0.717) is 5.92 Å². The average Bonchev–Trinajstić information content (AvgIpc) is 2.48. The lowest BCUT2D eigenvalue weighted by molar-refractivity contribution is 0.268. The van der Waals surface area contributed by atoms with Gasteiger partial charge in [-0.2, -0.15) is 0 Å². The molecule has 0 amide bonds. The van der Waals surface area contributed by atoms with E-state index in [2.05, 4.69) is 62.5 Å². The molecule has 2 nitrogen and oxygen atoms in total. The van der Waals surface area contributed by atoms with E-state index in [1.165, 1.54) is 16.7 Å². The number of benzene rings is 2. The van der Waals surface area contributed by atoms with E-state index in [1.807, 2.05) is 12.1 Å². The molecule has 0 radical (unpaired) electrons. The molecule has 2 heteroatoms. The largest absolute Gasteiger partial charge is 0.493 e. The number of hydrogen-bond acceptors (Lipinski definition) is 2. The standard InChI is InChI=1S/C19H25NO/c1-15(2)14-21-19-11-7-6-10-18(19)13-20-12-17-9-5-4-8-16(17)3/h4-11,15,20H,12-14H2,1-3H3. The highest BCUT2D eigenvalue weighted by Crippen LogP contribution is 2.18. The molecule has 0 bridgehead atoms. The second kappa shape index (κ2) is 7.84. The Hall–Kier alpha value is -1.80. The van der Waals surface area contributed by atoms with Crippen molar-refractivity contribution in [3.8, 4) is 5.75 Å². The van der Waals surface area contributed by atoms with Gasteiger partial charge in [-0.15, -0.1) is 0 Å². The van der Waals surface area contributed by atoms with Gasteiger partial charge in [0.1, 0.15) is 5.75 Å². The normalized spacial score (nSPS) is 10.9. The van der Waals surface area contributed by atoms with E-state index in [4.69, 9.17) is 4.74 Å². The number of para-hydroxylation sites is 1. The van der Waals surface area contributed by atoms with Crippen LogP contribution >= 0.6 is 0 Å². The highest BCUT2D eigenvalue weighted by molar-refractivity contribution is 5.33. The van der Waals surface area contributed by atoms with Gasteiger partial charge in [-0.1, -0.05) is 56.3 Å². The Morgan fingerprint density at radius 1 is 0.905 bits per heavy atom. The molecular formula is C19H25NO. The van der Waals surface area contributed by atoms with E-state index in [-0.39, 0.29) is 0 Å². The van der Waals surface area contributed by atoms with Gasteiger partial charge in [0.2, 0.25) is 0 Å². The molecule has 2 aromatic rings. The fourth-order valence-electron chi connectivity index (χ4n) is 2.19. The lowest BCUT2D eigenvalue weighted by Crippen LogP contribution is -2.15. The van der Waals surface area contributed by atoms with Gasteiger partial charge >= 0.3 is 0 Å². The van der Waals surface area contributed by atoms with Crippen molar-refractivity contribution >= 4 is 0 Å². The summed E-state index contributed by atoms with van der Waals surface area (Å²) in [5, 5.41) is 3.51. The van der Waals surface area contributed by atoms with Gasteiger partial charge in [0, 0.05) is 18.7 Å². The zero-order valence-electron chi connectivity index (χ0n) is 13.2. The summed E-state index contributed by atoms with van der Waals surface area (Å²) >= 11 is 0. The molecule has 21 heavy (non-hydrogen) atoms. The van der Waals surface area contributed by atoms with Crippen molar-refractivity contribution in [1.82, 2.24) is 5.32 Å². The molecule has 0 aliphatic rings. The maximum absolute atomic E-state index is 5.89. The minimum atomic E-state index is 0.540. The van der Waals surface area contributed by atoms with Gasteiger partial charge in [0.15, 0.2) is 0 Å². The molecule has 0 aromatic heterocycles. The molecule has 0 heterocycles. The molecule has 0 atom stereocenters. The predicted octanol–water partition coefficient (Wildman–Crippen LogP) is 4.32. The first-order valence-corrected chi connectivity index (χ1v) is 7.62. The number of nitrogens with one attached hydrogen (secondary N) is 1. The van der Waals surface area contributed by atoms with Gasteiger partial charge < -0.3 is 10.1 Å². The summed E-state index contributed by atoms with van der Waals surface area (Å²) in [7, 11) is 0. The quantitative estimate of drug-likeness (QED) is 0.817. The van der Waals surface area contributed by atoms with Crippen LogP contribution in [0.3, 0.4) is 0 Å². The molecule has 0 aliphatic heterocycles. The summed E-state index contributed by atoms with van der Waals surface area (Å²) in [6.07, 6.45) is 0. The third kappa shape index (κ3) is 4.91. The lowest BCUT2D eigenvalue weighted by Gasteiger charge is -2.14. The van der Waals surface area contributed by atoms with Gasteiger partial charge in [0.25, 0.3) is 0 Å². The molecule has 0 spiro atoms. The maximum Gasteiger partial charge on any atom is 0.123 e. The third-order valence-corrected chi connectivity index (χ3v) is 3.44. The second-order valence-electron chi connectivity index (χ2n) is 5.84. The van der Waals surface area contributed by atoms with Crippen LogP contribution in [0.4, 0.5) is 0 Å². The molecule has 0 saturated heterocycles. The zero-order valence-corrected chi connectivity index (χ0v) is 13.2. The van der Waals surface area contributed by atoms with E-state index < -0.39 is 0 Å². The van der Waals surface area contributed by atoms with Crippen molar-refractivity contribution in [2.75, 3.05) is 6.61 Å².